The molecule has 1 fully saturated rings. The quantitative estimate of drug-likeness (QED) is 0.589. The molecular weight excluding hydrogens is 336 g/mol. The fourth-order valence-corrected chi connectivity index (χ4v) is 3.30. The Morgan fingerprint density at radius 2 is 1.81 bits per heavy atom. The molecular formula is C22H20N4O. The van der Waals surface area contributed by atoms with Crippen molar-refractivity contribution in [2.75, 3.05) is 6.54 Å². The van der Waals surface area contributed by atoms with Crippen molar-refractivity contribution in [3.05, 3.63) is 78.8 Å². The van der Waals surface area contributed by atoms with E-state index in [1.807, 2.05) is 30.5 Å². The van der Waals surface area contributed by atoms with Gasteiger partial charge in [-0.3, -0.25) is 4.79 Å². The molecule has 0 unspecified atom stereocenters. The first-order valence-electron chi connectivity index (χ1n) is 9.29. The maximum absolute atomic E-state index is 12.3. The van der Waals surface area contributed by atoms with Crippen LogP contribution < -0.4 is 5.32 Å². The van der Waals surface area contributed by atoms with E-state index in [-0.39, 0.29) is 5.91 Å². The van der Waals surface area contributed by atoms with Gasteiger partial charge in [0.25, 0.3) is 5.91 Å². The summed E-state index contributed by atoms with van der Waals surface area (Å²) in [5, 5.41) is 7.45. The first-order chi connectivity index (χ1) is 13.3. The molecule has 134 valence electrons. The predicted molar refractivity (Wildman–Crippen MR) is 105 cm³/mol. The van der Waals surface area contributed by atoms with Gasteiger partial charge >= 0.3 is 0 Å². The molecule has 3 aromatic heterocycles. The number of hydrogen-bond acceptors (Lipinski definition) is 2. The van der Waals surface area contributed by atoms with Gasteiger partial charge < -0.3 is 9.72 Å². The minimum atomic E-state index is -0.105. The number of carbonyl (C=O) groups excluding carboxylic acids is 1. The van der Waals surface area contributed by atoms with E-state index in [2.05, 4.69) is 51.3 Å². The molecule has 5 rings (SSSR count). The van der Waals surface area contributed by atoms with Gasteiger partial charge in [0.15, 0.2) is 5.69 Å². The maximum Gasteiger partial charge on any atom is 0.271 e. The molecule has 0 aliphatic heterocycles. The molecule has 1 aliphatic rings. The van der Waals surface area contributed by atoms with Crippen LogP contribution in [0.15, 0.2) is 73.1 Å². The molecule has 5 nitrogen and oxygen atoms in total. The molecule has 1 saturated carbocycles. The Morgan fingerprint density at radius 1 is 1.00 bits per heavy atom. The minimum absolute atomic E-state index is 0.105. The zero-order chi connectivity index (χ0) is 18.2. The van der Waals surface area contributed by atoms with Crippen LogP contribution in [0.5, 0.6) is 0 Å². The van der Waals surface area contributed by atoms with E-state index in [9.17, 15) is 4.79 Å². The largest absolute Gasteiger partial charge is 0.350 e. The number of benzene rings is 1. The lowest BCUT2D eigenvalue weighted by molar-refractivity contribution is 0.0946. The number of rotatable bonds is 5. The lowest BCUT2D eigenvalue weighted by Crippen LogP contribution is -2.26. The summed E-state index contributed by atoms with van der Waals surface area (Å²) in [5.74, 6) is 1.46. The Hall–Kier alpha value is -3.34. The highest BCUT2D eigenvalue weighted by molar-refractivity contribution is 5.92. The van der Waals surface area contributed by atoms with Crippen LogP contribution in [0, 0.1) is 5.92 Å². The molecule has 0 bridgehead atoms. The zero-order valence-corrected chi connectivity index (χ0v) is 14.9. The average Bonchev–Trinajstić information content (AvgIpc) is 3.24. The number of nitrogens with zero attached hydrogens (tertiary/aromatic N) is 3. The topological polar surface area (TPSA) is 51.3 Å². The van der Waals surface area contributed by atoms with Crippen LogP contribution in [0.25, 0.3) is 22.5 Å². The lowest BCUT2D eigenvalue weighted by Gasteiger charge is -2.07. The number of pyridine rings is 1. The van der Waals surface area contributed by atoms with Crippen molar-refractivity contribution in [2.45, 2.75) is 12.8 Å². The molecule has 1 aliphatic carbocycles. The third kappa shape index (κ3) is 3.12. The Morgan fingerprint density at radius 3 is 2.63 bits per heavy atom. The van der Waals surface area contributed by atoms with Gasteiger partial charge in [0.05, 0.1) is 0 Å². The highest BCUT2D eigenvalue weighted by atomic mass is 16.1. The van der Waals surface area contributed by atoms with Crippen molar-refractivity contribution in [3.63, 3.8) is 0 Å². The summed E-state index contributed by atoms with van der Waals surface area (Å²) in [4.78, 5) is 12.3. The van der Waals surface area contributed by atoms with Crippen LogP contribution in [0.3, 0.4) is 0 Å². The standard InChI is InChI=1S/C22H20N4O/c27-22(23-14-16-6-7-16)20-12-13-26(24-20)21-11-10-19-9-8-18(15-25(19)21)17-4-2-1-3-5-17/h1-5,8-13,15-16H,6-7,14H2,(H,23,27). The summed E-state index contributed by atoms with van der Waals surface area (Å²) in [5.41, 5.74) is 3.83. The fourth-order valence-electron chi connectivity index (χ4n) is 3.30. The Labute approximate surface area is 157 Å². The second-order valence-electron chi connectivity index (χ2n) is 7.07. The number of hydrogen-bond donors (Lipinski definition) is 1. The van der Waals surface area contributed by atoms with Crippen molar-refractivity contribution in [1.82, 2.24) is 19.5 Å². The molecule has 5 heteroatoms. The van der Waals surface area contributed by atoms with Crippen molar-refractivity contribution in [1.29, 1.82) is 0 Å². The van der Waals surface area contributed by atoms with Gasteiger partial charge in [-0.1, -0.05) is 36.4 Å². The number of aromatic nitrogens is 3. The molecule has 1 amide bonds. The number of carbonyl (C=O) groups is 1. The van der Waals surface area contributed by atoms with Gasteiger partial charge in [-0.25, -0.2) is 4.68 Å². The van der Waals surface area contributed by atoms with Crippen molar-refractivity contribution in [3.8, 4) is 16.9 Å². The molecule has 4 aromatic rings. The van der Waals surface area contributed by atoms with Crippen LogP contribution in [0.2, 0.25) is 0 Å². The Bertz CT molecular complexity index is 1110. The maximum atomic E-state index is 12.3. The number of nitrogens with one attached hydrogen (secondary N) is 1. The second-order valence-corrected chi connectivity index (χ2v) is 7.07. The summed E-state index contributed by atoms with van der Waals surface area (Å²) in [6.07, 6.45) is 6.38. The molecule has 0 spiro atoms. The summed E-state index contributed by atoms with van der Waals surface area (Å²) >= 11 is 0. The van der Waals surface area contributed by atoms with Gasteiger partial charge in [0, 0.05) is 24.5 Å². The van der Waals surface area contributed by atoms with Crippen LogP contribution in [0.4, 0.5) is 0 Å². The molecule has 1 N–H and O–H groups in total. The highest BCUT2D eigenvalue weighted by Gasteiger charge is 2.22. The van der Waals surface area contributed by atoms with Crippen LogP contribution in [-0.2, 0) is 0 Å². The van der Waals surface area contributed by atoms with Crippen LogP contribution >= 0.6 is 0 Å². The van der Waals surface area contributed by atoms with Gasteiger partial charge in [0.1, 0.15) is 5.82 Å². The second kappa shape index (κ2) is 6.43. The first-order valence-corrected chi connectivity index (χ1v) is 9.29. The molecule has 3 heterocycles. The van der Waals surface area contributed by atoms with E-state index >= 15 is 0 Å². The van der Waals surface area contributed by atoms with Gasteiger partial charge in [-0.2, -0.15) is 5.10 Å². The molecule has 0 radical (unpaired) electrons. The van der Waals surface area contributed by atoms with E-state index in [1.165, 1.54) is 18.4 Å². The number of fused-ring (bicyclic) bond motifs is 1. The smallest absolute Gasteiger partial charge is 0.271 e. The van der Waals surface area contributed by atoms with E-state index in [1.54, 1.807) is 10.7 Å². The third-order valence-electron chi connectivity index (χ3n) is 5.04. The SMILES string of the molecule is O=C(NCC1CC1)c1ccn(-c2ccc3ccc(-c4ccccc4)cn23)n1. The Kier molecular flexibility index (Phi) is 3.78. The van der Waals surface area contributed by atoms with Crippen LogP contribution in [0.1, 0.15) is 23.3 Å². The van der Waals surface area contributed by atoms with Crippen LogP contribution in [-0.4, -0.2) is 26.6 Å². The molecule has 0 saturated heterocycles. The minimum Gasteiger partial charge on any atom is -0.350 e. The predicted octanol–water partition coefficient (Wildman–Crippen LogP) is 3.93. The summed E-state index contributed by atoms with van der Waals surface area (Å²) in [6, 6.07) is 20.3. The van der Waals surface area contributed by atoms with E-state index in [0.29, 0.717) is 11.6 Å². The molecule has 0 atom stereocenters. The van der Waals surface area contributed by atoms with Crippen molar-refractivity contribution >= 4 is 11.4 Å². The summed E-state index contributed by atoms with van der Waals surface area (Å²) < 4.78 is 3.86. The van der Waals surface area contributed by atoms with Gasteiger partial charge in [0.2, 0.25) is 0 Å². The fraction of sp³-hybridized carbons (Fsp3) is 0.182. The average molecular weight is 356 g/mol. The molecule has 1 aromatic carbocycles. The summed E-state index contributed by atoms with van der Waals surface area (Å²) in [6.45, 7) is 0.750. The summed E-state index contributed by atoms with van der Waals surface area (Å²) in [7, 11) is 0. The Balaban J connectivity index is 1.47. The number of amides is 1. The molecule has 27 heavy (non-hydrogen) atoms. The van der Waals surface area contributed by atoms with Gasteiger partial charge in [-0.05, 0) is 54.2 Å². The first kappa shape index (κ1) is 15.9. The van der Waals surface area contributed by atoms with Gasteiger partial charge in [-0.15, -0.1) is 0 Å². The lowest BCUT2D eigenvalue weighted by atomic mass is 10.1. The van der Waals surface area contributed by atoms with Crippen molar-refractivity contribution < 1.29 is 4.79 Å². The van der Waals surface area contributed by atoms with E-state index in [4.69, 9.17) is 0 Å². The highest BCUT2D eigenvalue weighted by Crippen LogP contribution is 2.27. The van der Waals surface area contributed by atoms with E-state index in [0.717, 1.165) is 23.4 Å². The zero-order valence-electron chi connectivity index (χ0n) is 14.9. The normalized spacial score (nSPS) is 13.8. The monoisotopic (exact) mass is 356 g/mol. The van der Waals surface area contributed by atoms with Crippen molar-refractivity contribution in [2.24, 2.45) is 5.92 Å². The third-order valence-corrected chi connectivity index (χ3v) is 5.04. The van der Waals surface area contributed by atoms with E-state index < -0.39 is 0 Å².